The highest BCUT2D eigenvalue weighted by molar-refractivity contribution is 5.76. The highest BCUT2D eigenvalue weighted by Gasteiger charge is 2.36. The number of nitrogens with zero attached hydrogens (tertiary/aromatic N) is 4. The summed E-state index contributed by atoms with van der Waals surface area (Å²) in [6.07, 6.45) is 9.03. The minimum atomic E-state index is 0.0681. The minimum Gasteiger partial charge on any atom is -0.352 e. The van der Waals surface area contributed by atoms with E-state index in [0.717, 1.165) is 18.5 Å². The van der Waals surface area contributed by atoms with Crippen LogP contribution in [-0.4, -0.2) is 51.1 Å². The van der Waals surface area contributed by atoms with E-state index in [1.165, 1.54) is 25.8 Å². The number of fused-ring (bicyclic) bond motifs is 1. The lowest BCUT2D eigenvalue weighted by Crippen LogP contribution is -2.46. The predicted octanol–water partition coefficient (Wildman–Crippen LogP) is 1.81. The van der Waals surface area contributed by atoms with E-state index in [9.17, 15) is 4.79 Å². The van der Waals surface area contributed by atoms with Gasteiger partial charge in [0.2, 0.25) is 17.6 Å². The molecule has 2 aliphatic heterocycles. The molecule has 4 heterocycles. The summed E-state index contributed by atoms with van der Waals surface area (Å²) in [6.45, 7) is 2.28. The standard InChI is InChI=1S/C18H23N5O2/c24-16(20-14-8-11-23-10-2-1-5-15(14)23)6-7-17-21-18(22-25-17)13-4-3-9-19-12-13/h3-4,9,12,14-15H,1-2,5-8,10-11H2,(H,20,24)/t14-,15+/m0/s1. The minimum absolute atomic E-state index is 0.0681. The van der Waals surface area contributed by atoms with Crippen LogP contribution in [0.25, 0.3) is 11.4 Å². The second-order valence-electron chi connectivity index (χ2n) is 6.82. The maximum atomic E-state index is 12.3. The zero-order valence-electron chi connectivity index (χ0n) is 14.2. The lowest BCUT2D eigenvalue weighted by molar-refractivity contribution is -0.122. The van der Waals surface area contributed by atoms with Crippen LogP contribution in [0.15, 0.2) is 29.0 Å². The van der Waals surface area contributed by atoms with Crippen LogP contribution in [0, 0.1) is 0 Å². The first-order valence-corrected chi connectivity index (χ1v) is 9.06. The Balaban J connectivity index is 1.28. The van der Waals surface area contributed by atoms with E-state index in [4.69, 9.17) is 4.52 Å². The maximum absolute atomic E-state index is 12.3. The van der Waals surface area contributed by atoms with Crippen molar-refractivity contribution >= 4 is 5.91 Å². The molecule has 2 aromatic rings. The quantitative estimate of drug-likeness (QED) is 0.893. The molecule has 2 atom stereocenters. The topological polar surface area (TPSA) is 84.1 Å². The molecule has 4 rings (SSSR count). The molecule has 0 saturated carbocycles. The van der Waals surface area contributed by atoms with Gasteiger partial charge < -0.3 is 9.84 Å². The number of aryl methyl sites for hydroxylation is 1. The number of hydrogen-bond acceptors (Lipinski definition) is 6. The predicted molar refractivity (Wildman–Crippen MR) is 91.6 cm³/mol. The van der Waals surface area contributed by atoms with Crippen molar-refractivity contribution in [2.24, 2.45) is 0 Å². The molecular formula is C18H23N5O2. The molecular weight excluding hydrogens is 318 g/mol. The normalized spacial score (nSPS) is 23.4. The van der Waals surface area contributed by atoms with E-state index < -0.39 is 0 Å². The number of hydrogen-bond donors (Lipinski definition) is 1. The smallest absolute Gasteiger partial charge is 0.227 e. The lowest BCUT2D eigenvalue weighted by Gasteiger charge is -2.32. The number of piperidine rings is 1. The molecule has 25 heavy (non-hydrogen) atoms. The van der Waals surface area contributed by atoms with E-state index in [1.807, 2.05) is 12.1 Å². The Morgan fingerprint density at radius 3 is 3.16 bits per heavy atom. The number of aromatic nitrogens is 3. The van der Waals surface area contributed by atoms with E-state index in [1.54, 1.807) is 12.4 Å². The van der Waals surface area contributed by atoms with Crippen molar-refractivity contribution < 1.29 is 9.32 Å². The molecule has 1 amide bonds. The summed E-state index contributed by atoms with van der Waals surface area (Å²) in [5, 5.41) is 7.16. The maximum Gasteiger partial charge on any atom is 0.227 e. The molecule has 2 aromatic heterocycles. The second kappa shape index (κ2) is 7.31. The summed E-state index contributed by atoms with van der Waals surface area (Å²) >= 11 is 0. The van der Waals surface area contributed by atoms with Crippen LogP contribution < -0.4 is 5.32 Å². The average Bonchev–Trinajstić information content (AvgIpc) is 3.28. The van der Waals surface area contributed by atoms with Crippen LogP contribution in [0.1, 0.15) is 38.0 Å². The zero-order chi connectivity index (χ0) is 17.1. The van der Waals surface area contributed by atoms with Gasteiger partial charge in [-0.05, 0) is 37.9 Å². The van der Waals surface area contributed by atoms with E-state index >= 15 is 0 Å². The van der Waals surface area contributed by atoms with Gasteiger partial charge in [-0.1, -0.05) is 11.6 Å². The van der Waals surface area contributed by atoms with Gasteiger partial charge in [0, 0.05) is 49.4 Å². The molecule has 0 bridgehead atoms. The third kappa shape index (κ3) is 3.71. The van der Waals surface area contributed by atoms with Gasteiger partial charge in [0.1, 0.15) is 0 Å². The highest BCUT2D eigenvalue weighted by Crippen LogP contribution is 2.27. The Labute approximate surface area is 146 Å². The van der Waals surface area contributed by atoms with Gasteiger partial charge in [-0.3, -0.25) is 14.7 Å². The lowest BCUT2D eigenvalue weighted by atomic mass is 9.99. The van der Waals surface area contributed by atoms with Crippen LogP contribution in [-0.2, 0) is 11.2 Å². The van der Waals surface area contributed by atoms with Gasteiger partial charge in [0.05, 0.1) is 0 Å². The van der Waals surface area contributed by atoms with Gasteiger partial charge in [0.25, 0.3) is 0 Å². The molecule has 2 aliphatic rings. The molecule has 0 unspecified atom stereocenters. The van der Waals surface area contributed by atoms with Crippen molar-refractivity contribution in [2.75, 3.05) is 13.1 Å². The van der Waals surface area contributed by atoms with Crippen molar-refractivity contribution in [3.63, 3.8) is 0 Å². The molecule has 0 spiro atoms. The molecule has 0 aromatic carbocycles. The fourth-order valence-electron chi connectivity index (χ4n) is 3.88. The van der Waals surface area contributed by atoms with Crippen molar-refractivity contribution in [3.05, 3.63) is 30.4 Å². The number of amides is 1. The molecule has 1 N–H and O–H groups in total. The first-order chi connectivity index (χ1) is 12.3. The molecule has 0 radical (unpaired) electrons. The zero-order valence-corrected chi connectivity index (χ0v) is 14.2. The van der Waals surface area contributed by atoms with Crippen LogP contribution in [0.4, 0.5) is 0 Å². The molecule has 2 saturated heterocycles. The molecule has 2 fully saturated rings. The average molecular weight is 341 g/mol. The summed E-state index contributed by atoms with van der Waals surface area (Å²) in [4.78, 5) is 23.2. The SMILES string of the molecule is O=C(CCc1nc(-c2cccnc2)no1)N[C@H]1CCN2CCCC[C@H]12. The molecule has 132 valence electrons. The van der Waals surface area contributed by atoms with Crippen molar-refractivity contribution in [2.45, 2.75) is 50.6 Å². The van der Waals surface area contributed by atoms with Crippen LogP contribution in [0.3, 0.4) is 0 Å². The first-order valence-electron chi connectivity index (χ1n) is 9.06. The Morgan fingerprint density at radius 2 is 2.28 bits per heavy atom. The summed E-state index contributed by atoms with van der Waals surface area (Å²) in [5.41, 5.74) is 0.810. The van der Waals surface area contributed by atoms with Gasteiger partial charge in [0.15, 0.2) is 0 Å². The van der Waals surface area contributed by atoms with Crippen molar-refractivity contribution in [3.8, 4) is 11.4 Å². The third-order valence-corrected chi connectivity index (χ3v) is 5.16. The number of carbonyl (C=O) groups is 1. The van der Waals surface area contributed by atoms with Gasteiger partial charge in [-0.25, -0.2) is 0 Å². The van der Waals surface area contributed by atoms with Gasteiger partial charge in [-0.2, -0.15) is 4.98 Å². The summed E-state index contributed by atoms with van der Waals surface area (Å²) < 4.78 is 5.25. The third-order valence-electron chi connectivity index (χ3n) is 5.16. The second-order valence-corrected chi connectivity index (χ2v) is 6.82. The van der Waals surface area contributed by atoms with Crippen molar-refractivity contribution in [1.82, 2.24) is 25.3 Å². The van der Waals surface area contributed by atoms with Crippen LogP contribution in [0.5, 0.6) is 0 Å². The Kier molecular flexibility index (Phi) is 4.74. The Hall–Kier alpha value is -2.28. The fraction of sp³-hybridized carbons (Fsp3) is 0.556. The number of rotatable bonds is 5. The van der Waals surface area contributed by atoms with E-state index in [-0.39, 0.29) is 5.91 Å². The molecule has 7 nitrogen and oxygen atoms in total. The molecule has 0 aliphatic carbocycles. The monoisotopic (exact) mass is 341 g/mol. The number of carbonyl (C=O) groups excluding carboxylic acids is 1. The first kappa shape index (κ1) is 16.2. The largest absolute Gasteiger partial charge is 0.352 e. The van der Waals surface area contributed by atoms with Gasteiger partial charge in [-0.15, -0.1) is 0 Å². The number of pyridine rings is 1. The number of nitrogens with one attached hydrogen (secondary N) is 1. The van der Waals surface area contributed by atoms with Crippen LogP contribution in [0.2, 0.25) is 0 Å². The van der Waals surface area contributed by atoms with Crippen molar-refractivity contribution in [1.29, 1.82) is 0 Å². The molecule has 7 heteroatoms. The van der Waals surface area contributed by atoms with E-state index in [0.29, 0.717) is 36.6 Å². The summed E-state index contributed by atoms with van der Waals surface area (Å²) in [6, 6.07) is 4.53. The fourth-order valence-corrected chi connectivity index (χ4v) is 3.88. The Morgan fingerprint density at radius 1 is 1.32 bits per heavy atom. The highest BCUT2D eigenvalue weighted by atomic mass is 16.5. The summed E-state index contributed by atoms with van der Waals surface area (Å²) in [7, 11) is 0. The summed E-state index contributed by atoms with van der Waals surface area (Å²) in [5.74, 6) is 1.07. The van der Waals surface area contributed by atoms with Crippen LogP contribution >= 0.6 is 0 Å². The van der Waals surface area contributed by atoms with E-state index in [2.05, 4.69) is 25.3 Å². The van der Waals surface area contributed by atoms with Gasteiger partial charge >= 0.3 is 0 Å². The Bertz CT molecular complexity index is 717.